The van der Waals surface area contributed by atoms with Gasteiger partial charge in [0.05, 0.1) is 18.8 Å². The first-order chi connectivity index (χ1) is 12.7. The van der Waals surface area contributed by atoms with E-state index in [0.717, 1.165) is 29.1 Å². The molecule has 0 saturated heterocycles. The lowest BCUT2D eigenvalue weighted by Gasteiger charge is -2.21. The Labute approximate surface area is 152 Å². The molecule has 0 saturated carbocycles. The van der Waals surface area contributed by atoms with Crippen LogP contribution < -0.4 is 15.4 Å². The molecule has 7 nitrogen and oxygen atoms in total. The summed E-state index contributed by atoms with van der Waals surface area (Å²) in [6.45, 7) is 4.49. The molecule has 2 N–H and O–H groups in total. The number of aliphatic imine (C=N–C) groups is 1. The smallest absolute Gasteiger partial charge is 0.191 e. The summed E-state index contributed by atoms with van der Waals surface area (Å²) in [6, 6.07) is 4.92. The number of hydrogen-bond acceptors (Lipinski definition) is 4. The second-order valence-corrected chi connectivity index (χ2v) is 5.98. The number of hydrogen-bond donors (Lipinski definition) is 2. The molecule has 0 radical (unpaired) electrons. The van der Waals surface area contributed by atoms with Crippen LogP contribution in [0.3, 0.4) is 0 Å². The molecule has 3 rings (SSSR count). The van der Waals surface area contributed by atoms with Crippen molar-refractivity contribution in [2.75, 3.05) is 19.9 Å². The number of rotatable bonds is 6. The topological polar surface area (TPSA) is 72.7 Å². The zero-order chi connectivity index (χ0) is 18.4. The highest BCUT2D eigenvalue weighted by atomic mass is 19.1. The van der Waals surface area contributed by atoms with Gasteiger partial charge in [-0.05, 0) is 37.1 Å². The van der Waals surface area contributed by atoms with E-state index in [2.05, 4.69) is 20.7 Å². The van der Waals surface area contributed by atoms with Crippen molar-refractivity contribution in [2.45, 2.75) is 26.5 Å². The van der Waals surface area contributed by atoms with Crippen LogP contribution in [-0.4, -0.2) is 35.6 Å². The summed E-state index contributed by atoms with van der Waals surface area (Å²) in [5.74, 6) is 1.17. The first-order valence-corrected chi connectivity index (χ1v) is 8.68. The molecule has 0 amide bonds. The van der Waals surface area contributed by atoms with Crippen LogP contribution in [0.5, 0.6) is 5.75 Å². The number of halogens is 1. The van der Waals surface area contributed by atoms with E-state index >= 15 is 0 Å². The second kappa shape index (κ2) is 8.66. The van der Waals surface area contributed by atoms with Crippen LogP contribution in [0.2, 0.25) is 0 Å². The van der Waals surface area contributed by atoms with Gasteiger partial charge in [-0.25, -0.2) is 9.38 Å². The van der Waals surface area contributed by atoms with Crippen LogP contribution >= 0.6 is 0 Å². The molecule has 0 aliphatic carbocycles. The van der Waals surface area contributed by atoms with Gasteiger partial charge in [0.15, 0.2) is 12.8 Å². The molecule has 1 aliphatic heterocycles. The summed E-state index contributed by atoms with van der Waals surface area (Å²) in [5.41, 5.74) is 2.61. The molecule has 2 heterocycles. The van der Waals surface area contributed by atoms with Crippen molar-refractivity contribution in [2.24, 2.45) is 12.0 Å². The fourth-order valence-electron chi connectivity index (χ4n) is 2.82. The Morgan fingerprint density at radius 1 is 1.38 bits per heavy atom. The van der Waals surface area contributed by atoms with E-state index < -0.39 is 0 Å². The van der Waals surface area contributed by atoms with Gasteiger partial charge in [-0.15, -0.1) is 0 Å². The normalized spacial score (nSPS) is 13.9. The quantitative estimate of drug-likeness (QED) is 0.606. The Balaban J connectivity index is 1.61. The van der Waals surface area contributed by atoms with Crippen LogP contribution in [0.25, 0.3) is 0 Å². The van der Waals surface area contributed by atoms with Gasteiger partial charge in [-0.3, -0.25) is 4.68 Å². The molecule has 2 aromatic rings. The SMILES string of the molecule is CCNC(=NCc1ccnn1C)NCCc1cc(F)cc2c1OCOC2. The zero-order valence-electron chi connectivity index (χ0n) is 15.1. The standard InChI is InChI=1S/C18H24FN5O2/c1-3-20-18(22-10-16-5-7-23-24(16)2)21-6-4-13-8-15(19)9-14-11-25-12-26-17(13)14/h5,7-9H,3-4,6,10-12H2,1-2H3,(H2,20,21,22). The van der Waals surface area contributed by atoms with Gasteiger partial charge in [0.1, 0.15) is 11.6 Å². The molecule has 26 heavy (non-hydrogen) atoms. The highest BCUT2D eigenvalue weighted by molar-refractivity contribution is 5.79. The lowest BCUT2D eigenvalue weighted by molar-refractivity contribution is -0.0172. The molecule has 0 unspecified atom stereocenters. The lowest BCUT2D eigenvalue weighted by Crippen LogP contribution is -2.38. The summed E-state index contributed by atoms with van der Waals surface area (Å²) in [7, 11) is 1.89. The van der Waals surface area contributed by atoms with Crippen molar-refractivity contribution < 1.29 is 13.9 Å². The van der Waals surface area contributed by atoms with Crippen LogP contribution in [0.15, 0.2) is 29.4 Å². The summed E-state index contributed by atoms with van der Waals surface area (Å²) in [4.78, 5) is 4.56. The van der Waals surface area contributed by atoms with Gasteiger partial charge < -0.3 is 20.1 Å². The van der Waals surface area contributed by atoms with Gasteiger partial charge in [-0.2, -0.15) is 5.10 Å². The van der Waals surface area contributed by atoms with Gasteiger partial charge in [0.25, 0.3) is 0 Å². The maximum Gasteiger partial charge on any atom is 0.191 e. The van der Waals surface area contributed by atoms with E-state index in [-0.39, 0.29) is 12.6 Å². The van der Waals surface area contributed by atoms with Gasteiger partial charge in [0.2, 0.25) is 0 Å². The molecule has 0 atom stereocenters. The minimum Gasteiger partial charge on any atom is -0.467 e. The Bertz CT molecular complexity index is 775. The van der Waals surface area contributed by atoms with Crippen LogP contribution in [0.1, 0.15) is 23.7 Å². The maximum atomic E-state index is 13.8. The number of aromatic nitrogens is 2. The van der Waals surface area contributed by atoms with E-state index in [0.29, 0.717) is 32.1 Å². The van der Waals surface area contributed by atoms with Crippen LogP contribution in [0, 0.1) is 5.82 Å². The monoisotopic (exact) mass is 361 g/mol. The highest BCUT2D eigenvalue weighted by Gasteiger charge is 2.16. The second-order valence-electron chi connectivity index (χ2n) is 5.98. The summed E-state index contributed by atoms with van der Waals surface area (Å²) in [6.07, 6.45) is 2.37. The number of aryl methyl sites for hydroxylation is 1. The fourth-order valence-corrected chi connectivity index (χ4v) is 2.82. The minimum absolute atomic E-state index is 0.202. The molecular formula is C18H24FN5O2. The Kier molecular flexibility index (Phi) is 6.06. The highest BCUT2D eigenvalue weighted by Crippen LogP contribution is 2.29. The summed E-state index contributed by atoms with van der Waals surface area (Å²) >= 11 is 0. The Hall–Kier alpha value is -2.61. The minimum atomic E-state index is -0.273. The van der Waals surface area contributed by atoms with Crippen molar-refractivity contribution in [1.29, 1.82) is 0 Å². The van der Waals surface area contributed by atoms with E-state index in [9.17, 15) is 4.39 Å². The molecule has 8 heteroatoms. The molecular weight excluding hydrogens is 337 g/mol. The molecule has 140 valence electrons. The molecule has 0 fully saturated rings. The molecule has 1 aromatic carbocycles. The number of ether oxygens (including phenoxy) is 2. The van der Waals surface area contributed by atoms with E-state index in [1.807, 2.05) is 20.0 Å². The Morgan fingerprint density at radius 3 is 3.04 bits per heavy atom. The summed E-state index contributed by atoms with van der Waals surface area (Å²) in [5, 5.41) is 10.6. The first-order valence-electron chi connectivity index (χ1n) is 8.68. The first kappa shape index (κ1) is 18.2. The average Bonchev–Trinajstić information content (AvgIpc) is 3.04. The molecule has 0 spiro atoms. The number of guanidine groups is 1. The van der Waals surface area contributed by atoms with Crippen molar-refractivity contribution in [1.82, 2.24) is 20.4 Å². The lowest BCUT2D eigenvalue weighted by atomic mass is 10.1. The fraction of sp³-hybridized carbons (Fsp3) is 0.444. The van der Waals surface area contributed by atoms with Gasteiger partial charge in [-0.1, -0.05) is 0 Å². The number of fused-ring (bicyclic) bond motifs is 1. The third-order valence-corrected chi connectivity index (χ3v) is 4.10. The predicted molar refractivity (Wildman–Crippen MR) is 96.4 cm³/mol. The third kappa shape index (κ3) is 4.51. The molecule has 0 bridgehead atoms. The Morgan fingerprint density at radius 2 is 2.27 bits per heavy atom. The molecule has 1 aliphatic rings. The van der Waals surface area contributed by atoms with Gasteiger partial charge >= 0.3 is 0 Å². The average molecular weight is 361 g/mol. The van der Waals surface area contributed by atoms with Crippen molar-refractivity contribution in [3.05, 3.63) is 47.0 Å². The zero-order valence-corrected chi connectivity index (χ0v) is 15.1. The maximum absolute atomic E-state index is 13.8. The number of nitrogens with one attached hydrogen (secondary N) is 2. The van der Waals surface area contributed by atoms with Crippen molar-refractivity contribution in [3.8, 4) is 5.75 Å². The van der Waals surface area contributed by atoms with E-state index in [1.165, 1.54) is 12.1 Å². The predicted octanol–water partition coefficient (Wildman–Crippen LogP) is 1.72. The third-order valence-electron chi connectivity index (χ3n) is 4.10. The number of nitrogens with zero attached hydrogens (tertiary/aromatic N) is 3. The van der Waals surface area contributed by atoms with E-state index in [1.54, 1.807) is 10.9 Å². The van der Waals surface area contributed by atoms with E-state index in [4.69, 9.17) is 9.47 Å². The largest absolute Gasteiger partial charge is 0.467 e. The van der Waals surface area contributed by atoms with Crippen molar-refractivity contribution >= 4 is 5.96 Å². The molecule has 1 aromatic heterocycles. The van der Waals surface area contributed by atoms with Crippen LogP contribution in [0.4, 0.5) is 4.39 Å². The summed E-state index contributed by atoms with van der Waals surface area (Å²) < 4.78 is 26.4. The van der Waals surface area contributed by atoms with Crippen LogP contribution in [-0.2, 0) is 31.4 Å². The van der Waals surface area contributed by atoms with Crippen molar-refractivity contribution in [3.63, 3.8) is 0 Å². The van der Waals surface area contributed by atoms with Gasteiger partial charge in [0, 0.05) is 31.9 Å². The number of benzene rings is 1.